The van der Waals surface area contributed by atoms with Crippen molar-refractivity contribution in [3.63, 3.8) is 0 Å². The first-order valence-corrected chi connectivity index (χ1v) is 11.7. The number of carbonyl (C=O) groups is 1. The summed E-state index contributed by atoms with van der Waals surface area (Å²) < 4.78 is 17.3. The standard InChI is InChI=1S/C22H31N3O4S/c1-16(2)10-25(11-17-3-4-19-20(9-17)29-8-7-28-19)22(26)21-13-24(5-6-27-21)12-18-14-30-15-23-18/h4,9,14-17,21H,3,5-8,10-13H2,1-2H3. The molecule has 2 aliphatic heterocycles. The summed E-state index contributed by atoms with van der Waals surface area (Å²) in [4.78, 5) is 22.0. The Balaban J connectivity index is 1.39. The third-order valence-electron chi connectivity index (χ3n) is 5.48. The monoisotopic (exact) mass is 433 g/mol. The van der Waals surface area contributed by atoms with E-state index in [0.717, 1.165) is 43.3 Å². The number of fused-ring (bicyclic) bond motifs is 1. The average Bonchev–Trinajstić information content (AvgIpc) is 3.25. The number of hydrogen-bond donors (Lipinski definition) is 0. The lowest BCUT2D eigenvalue weighted by Crippen LogP contribution is -2.52. The fourth-order valence-corrected chi connectivity index (χ4v) is 4.67. The second-order valence-electron chi connectivity index (χ2n) is 8.50. The first-order chi connectivity index (χ1) is 14.6. The zero-order valence-corrected chi connectivity index (χ0v) is 18.6. The minimum absolute atomic E-state index is 0.0840. The van der Waals surface area contributed by atoms with Gasteiger partial charge in [0.2, 0.25) is 0 Å². The molecule has 4 rings (SSSR count). The number of allylic oxidation sites excluding steroid dienone is 1. The molecule has 0 bridgehead atoms. The van der Waals surface area contributed by atoms with Crippen LogP contribution in [-0.4, -0.2) is 72.8 Å². The Morgan fingerprint density at radius 1 is 1.30 bits per heavy atom. The smallest absolute Gasteiger partial charge is 0.253 e. The Kier molecular flexibility index (Phi) is 7.07. The van der Waals surface area contributed by atoms with E-state index >= 15 is 0 Å². The zero-order valence-electron chi connectivity index (χ0n) is 17.8. The highest BCUT2D eigenvalue weighted by Gasteiger charge is 2.32. The second-order valence-corrected chi connectivity index (χ2v) is 9.22. The van der Waals surface area contributed by atoms with E-state index in [1.54, 1.807) is 11.3 Å². The predicted molar refractivity (Wildman–Crippen MR) is 115 cm³/mol. The van der Waals surface area contributed by atoms with E-state index in [-0.39, 0.29) is 11.8 Å². The highest BCUT2D eigenvalue weighted by molar-refractivity contribution is 7.07. The van der Waals surface area contributed by atoms with Crippen LogP contribution in [0.15, 0.2) is 34.6 Å². The molecule has 2 unspecified atom stereocenters. The van der Waals surface area contributed by atoms with Gasteiger partial charge >= 0.3 is 0 Å². The lowest BCUT2D eigenvalue weighted by Gasteiger charge is -2.36. The number of aromatic nitrogens is 1. The molecule has 1 aliphatic carbocycles. The summed E-state index contributed by atoms with van der Waals surface area (Å²) in [5, 5.41) is 2.06. The lowest BCUT2D eigenvalue weighted by molar-refractivity contribution is -0.150. The van der Waals surface area contributed by atoms with Gasteiger partial charge in [-0.25, -0.2) is 4.98 Å². The van der Waals surface area contributed by atoms with E-state index < -0.39 is 6.10 Å². The molecule has 0 saturated carbocycles. The van der Waals surface area contributed by atoms with Crippen LogP contribution >= 0.6 is 11.3 Å². The Labute approximate surface area is 182 Å². The van der Waals surface area contributed by atoms with Crippen molar-refractivity contribution < 1.29 is 19.0 Å². The molecule has 1 amide bonds. The van der Waals surface area contributed by atoms with Gasteiger partial charge < -0.3 is 19.1 Å². The Morgan fingerprint density at radius 2 is 2.13 bits per heavy atom. The Hall–Kier alpha value is -1.90. The summed E-state index contributed by atoms with van der Waals surface area (Å²) >= 11 is 1.60. The molecule has 0 radical (unpaired) electrons. The van der Waals surface area contributed by atoms with E-state index in [0.29, 0.717) is 38.8 Å². The lowest BCUT2D eigenvalue weighted by atomic mass is 9.97. The highest BCUT2D eigenvalue weighted by Crippen LogP contribution is 2.28. The van der Waals surface area contributed by atoms with E-state index in [9.17, 15) is 4.79 Å². The quantitative estimate of drug-likeness (QED) is 0.659. The van der Waals surface area contributed by atoms with Crippen LogP contribution in [0.3, 0.4) is 0 Å². The molecule has 0 aromatic carbocycles. The molecule has 7 nitrogen and oxygen atoms in total. The summed E-state index contributed by atoms with van der Waals surface area (Å²) in [6.45, 7) is 9.62. The summed E-state index contributed by atoms with van der Waals surface area (Å²) in [6.07, 6.45) is 4.63. The van der Waals surface area contributed by atoms with Gasteiger partial charge in [0, 0.05) is 44.0 Å². The number of amides is 1. The van der Waals surface area contributed by atoms with Crippen LogP contribution in [0.5, 0.6) is 0 Å². The first kappa shape index (κ1) is 21.3. The van der Waals surface area contributed by atoms with Crippen molar-refractivity contribution in [1.82, 2.24) is 14.8 Å². The van der Waals surface area contributed by atoms with Gasteiger partial charge in [0.15, 0.2) is 11.5 Å². The number of ether oxygens (including phenoxy) is 3. The van der Waals surface area contributed by atoms with Crippen molar-refractivity contribution in [3.8, 4) is 0 Å². The summed E-state index contributed by atoms with van der Waals surface area (Å²) in [5.41, 5.74) is 2.90. The normalized spacial score (nSPS) is 24.4. The van der Waals surface area contributed by atoms with Crippen molar-refractivity contribution >= 4 is 17.2 Å². The van der Waals surface area contributed by atoms with Crippen molar-refractivity contribution in [2.45, 2.75) is 32.9 Å². The van der Waals surface area contributed by atoms with Crippen molar-refractivity contribution in [2.24, 2.45) is 11.8 Å². The molecular formula is C22H31N3O4S. The molecule has 2 saturated heterocycles. The molecule has 8 heteroatoms. The van der Waals surface area contributed by atoms with E-state index in [1.165, 1.54) is 0 Å². The third-order valence-corrected chi connectivity index (χ3v) is 6.12. The first-order valence-electron chi connectivity index (χ1n) is 10.8. The number of hydrogen-bond acceptors (Lipinski definition) is 7. The summed E-state index contributed by atoms with van der Waals surface area (Å²) in [6, 6.07) is 0. The van der Waals surface area contributed by atoms with Gasteiger partial charge in [0.25, 0.3) is 5.91 Å². The highest BCUT2D eigenvalue weighted by atomic mass is 32.1. The van der Waals surface area contributed by atoms with Crippen LogP contribution in [0, 0.1) is 11.8 Å². The van der Waals surface area contributed by atoms with Crippen molar-refractivity contribution in [3.05, 3.63) is 40.3 Å². The summed E-state index contributed by atoms with van der Waals surface area (Å²) in [5.74, 6) is 2.36. The molecule has 1 aromatic rings. The van der Waals surface area contributed by atoms with Crippen LogP contribution in [0.1, 0.15) is 26.0 Å². The van der Waals surface area contributed by atoms with Crippen LogP contribution in [0.4, 0.5) is 0 Å². The fraction of sp³-hybridized carbons (Fsp3) is 0.636. The Bertz CT molecular complexity index is 777. The molecule has 30 heavy (non-hydrogen) atoms. The molecular weight excluding hydrogens is 402 g/mol. The molecule has 164 valence electrons. The predicted octanol–water partition coefficient (Wildman–Crippen LogP) is 2.66. The third kappa shape index (κ3) is 5.42. The van der Waals surface area contributed by atoms with Gasteiger partial charge in [-0.15, -0.1) is 11.3 Å². The van der Waals surface area contributed by atoms with Crippen LogP contribution in [-0.2, 0) is 25.5 Å². The van der Waals surface area contributed by atoms with Gasteiger partial charge in [-0.1, -0.05) is 13.8 Å². The minimum atomic E-state index is -0.423. The maximum atomic E-state index is 13.4. The number of rotatable bonds is 7. The molecule has 2 fully saturated rings. The zero-order chi connectivity index (χ0) is 20.9. The number of carbonyl (C=O) groups excluding carboxylic acids is 1. The number of thiazole rings is 1. The van der Waals surface area contributed by atoms with Crippen molar-refractivity contribution in [1.29, 1.82) is 0 Å². The largest absolute Gasteiger partial charge is 0.486 e. The topological polar surface area (TPSA) is 64.1 Å². The van der Waals surface area contributed by atoms with Gasteiger partial charge in [-0.2, -0.15) is 0 Å². The van der Waals surface area contributed by atoms with E-state index in [4.69, 9.17) is 14.2 Å². The maximum absolute atomic E-state index is 13.4. The second kappa shape index (κ2) is 9.94. The fourth-order valence-electron chi connectivity index (χ4n) is 4.13. The molecule has 0 spiro atoms. The van der Waals surface area contributed by atoms with Crippen LogP contribution in [0.2, 0.25) is 0 Å². The van der Waals surface area contributed by atoms with Gasteiger partial charge in [-0.3, -0.25) is 9.69 Å². The number of morpholine rings is 1. The Morgan fingerprint density at radius 3 is 2.90 bits per heavy atom. The van der Waals surface area contributed by atoms with Gasteiger partial charge in [-0.05, 0) is 24.5 Å². The van der Waals surface area contributed by atoms with E-state index in [2.05, 4.69) is 41.3 Å². The maximum Gasteiger partial charge on any atom is 0.253 e. The average molecular weight is 434 g/mol. The SMILES string of the molecule is CC(C)CN(CC1C=C2OCCOC2=CC1)C(=O)C1CN(Cc2cscn2)CCO1. The van der Waals surface area contributed by atoms with Crippen molar-refractivity contribution in [2.75, 3.05) is 46.0 Å². The van der Waals surface area contributed by atoms with Gasteiger partial charge in [0.1, 0.15) is 19.3 Å². The minimum Gasteiger partial charge on any atom is -0.486 e. The van der Waals surface area contributed by atoms with E-state index in [1.807, 2.05) is 10.4 Å². The van der Waals surface area contributed by atoms with Crippen LogP contribution < -0.4 is 0 Å². The number of nitrogens with zero attached hydrogens (tertiary/aromatic N) is 3. The molecule has 3 heterocycles. The molecule has 0 N–H and O–H groups in total. The molecule has 3 aliphatic rings. The summed E-state index contributed by atoms with van der Waals surface area (Å²) in [7, 11) is 0. The molecule has 1 aromatic heterocycles. The molecule has 2 atom stereocenters. The van der Waals surface area contributed by atoms with Crippen LogP contribution in [0.25, 0.3) is 0 Å². The van der Waals surface area contributed by atoms with Gasteiger partial charge in [0.05, 0.1) is 17.8 Å².